The Labute approximate surface area is 204 Å². The fraction of sp³-hybridized carbons (Fsp3) is 0.500. The number of hydrogen-bond acceptors (Lipinski definition) is 9. The molecule has 0 spiro atoms. The molecule has 0 saturated carbocycles. The first-order valence-corrected chi connectivity index (χ1v) is 11.6. The molecule has 0 aromatic carbocycles. The third-order valence-corrected chi connectivity index (χ3v) is 5.75. The number of fused-ring (bicyclic) bond motifs is 1. The molecular weight excluding hydrogens is 454 g/mol. The summed E-state index contributed by atoms with van der Waals surface area (Å²) in [5, 5.41) is 2.82. The lowest BCUT2D eigenvalue weighted by Gasteiger charge is -2.25. The van der Waals surface area contributed by atoms with Crippen LogP contribution in [0, 0.1) is 0 Å². The smallest absolute Gasteiger partial charge is 0.356 e. The van der Waals surface area contributed by atoms with Gasteiger partial charge in [-0.2, -0.15) is 0 Å². The van der Waals surface area contributed by atoms with E-state index in [0.717, 1.165) is 25.2 Å². The Morgan fingerprint density at radius 1 is 1.26 bits per heavy atom. The summed E-state index contributed by atoms with van der Waals surface area (Å²) in [6, 6.07) is 6.36. The van der Waals surface area contributed by atoms with E-state index < -0.39 is 17.8 Å². The van der Waals surface area contributed by atoms with E-state index in [4.69, 9.17) is 18.9 Å². The second-order valence-corrected chi connectivity index (χ2v) is 8.68. The van der Waals surface area contributed by atoms with Crippen LogP contribution in [0.5, 0.6) is 5.75 Å². The minimum absolute atomic E-state index is 0.136. The lowest BCUT2D eigenvalue weighted by atomic mass is 10.2. The first-order valence-electron chi connectivity index (χ1n) is 11.6. The molecule has 188 valence electrons. The van der Waals surface area contributed by atoms with Gasteiger partial charge in [0.25, 0.3) is 0 Å². The van der Waals surface area contributed by atoms with E-state index >= 15 is 0 Å². The van der Waals surface area contributed by atoms with Crippen LogP contribution in [-0.4, -0.2) is 73.8 Å². The van der Waals surface area contributed by atoms with Crippen LogP contribution in [0.15, 0.2) is 30.5 Å². The zero-order valence-corrected chi connectivity index (χ0v) is 20.4. The fourth-order valence-electron chi connectivity index (χ4n) is 4.06. The number of nitrogens with zero attached hydrogens (tertiary/aromatic N) is 4. The Morgan fingerprint density at radius 3 is 2.80 bits per heavy atom. The molecule has 35 heavy (non-hydrogen) atoms. The highest BCUT2D eigenvalue weighted by molar-refractivity contribution is 6.03. The van der Waals surface area contributed by atoms with Crippen molar-refractivity contribution < 1.29 is 28.5 Å². The average Bonchev–Trinajstić information content (AvgIpc) is 3.09. The van der Waals surface area contributed by atoms with Gasteiger partial charge in [0.2, 0.25) is 0 Å². The predicted octanol–water partition coefficient (Wildman–Crippen LogP) is 3.06. The second-order valence-electron chi connectivity index (χ2n) is 8.68. The summed E-state index contributed by atoms with van der Waals surface area (Å²) in [6.45, 7) is 8.45. The molecule has 0 unspecified atom stereocenters. The van der Waals surface area contributed by atoms with Gasteiger partial charge in [-0.25, -0.2) is 19.6 Å². The third-order valence-electron chi connectivity index (χ3n) is 5.75. The van der Waals surface area contributed by atoms with Crippen LogP contribution in [0.3, 0.4) is 0 Å². The van der Waals surface area contributed by atoms with Gasteiger partial charge in [0.05, 0.1) is 19.4 Å². The molecule has 0 aliphatic carbocycles. The number of pyridine rings is 2. The molecule has 11 heteroatoms. The van der Waals surface area contributed by atoms with E-state index in [1.54, 1.807) is 30.5 Å². The molecule has 4 heterocycles. The predicted molar refractivity (Wildman–Crippen MR) is 129 cm³/mol. The molecule has 2 aliphatic rings. The topological polar surface area (TPSA) is 115 Å². The minimum atomic E-state index is -0.621. The van der Waals surface area contributed by atoms with E-state index in [2.05, 4.69) is 20.2 Å². The summed E-state index contributed by atoms with van der Waals surface area (Å²) in [4.78, 5) is 37.7. The Kier molecular flexibility index (Phi) is 7.37. The summed E-state index contributed by atoms with van der Waals surface area (Å²) in [5.74, 6) is 0.0937. The van der Waals surface area contributed by atoms with E-state index in [0.29, 0.717) is 37.1 Å². The van der Waals surface area contributed by atoms with Crippen LogP contribution in [-0.2, 0) is 14.2 Å². The molecule has 1 saturated heterocycles. The van der Waals surface area contributed by atoms with Gasteiger partial charge in [0, 0.05) is 31.9 Å². The SMILES string of the molecule is CCN1CCCN(C(=O)Nc2cc(OC[C@H]3COC(C)(C)O3)ccn2)c2nc(C(=O)OC)ccc21. The summed E-state index contributed by atoms with van der Waals surface area (Å²) in [5.41, 5.74) is 0.913. The number of urea groups is 1. The summed E-state index contributed by atoms with van der Waals surface area (Å²) < 4.78 is 22.0. The fourth-order valence-corrected chi connectivity index (χ4v) is 4.06. The zero-order chi connectivity index (χ0) is 25.0. The Bertz CT molecular complexity index is 1080. The standard InChI is InChI=1S/C24H31N5O6/c1-5-28-11-6-12-29(21-19(28)8-7-18(26-21)22(30)32-4)23(31)27-20-13-16(9-10-25-20)33-14-17-15-34-24(2,3)35-17/h7-10,13,17H,5-6,11-12,14-15H2,1-4H3,(H,25,27,31)/t17-/m0/s1. The molecule has 0 bridgehead atoms. The van der Waals surface area contributed by atoms with Crippen LogP contribution in [0.4, 0.5) is 22.1 Å². The van der Waals surface area contributed by atoms with E-state index in [9.17, 15) is 9.59 Å². The summed E-state index contributed by atoms with van der Waals surface area (Å²) >= 11 is 0. The Hall–Kier alpha value is -3.44. The monoisotopic (exact) mass is 485 g/mol. The minimum Gasteiger partial charge on any atom is -0.491 e. The number of methoxy groups -OCH3 is 1. The molecule has 1 atom stereocenters. The van der Waals surface area contributed by atoms with Crippen LogP contribution in [0.1, 0.15) is 37.7 Å². The lowest BCUT2D eigenvalue weighted by molar-refractivity contribution is -0.141. The van der Waals surface area contributed by atoms with Crippen LogP contribution in [0.25, 0.3) is 0 Å². The molecule has 1 N–H and O–H groups in total. The third kappa shape index (κ3) is 5.80. The van der Waals surface area contributed by atoms with Gasteiger partial charge in [-0.05, 0) is 45.4 Å². The number of carbonyl (C=O) groups is 2. The Balaban J connectivity index is 1.49. The normalized spacial score (nSPS) is 19.0. The number of amides is 2. The largest absolute Gasteiger partial charge is 0.491 e. The maximum Gasteiger partial charge on any atom is 0.356 e. The quantitative estimate of drug-likeness (QED) is 0.616. The van der Waals surface area contributed by atoms with Crippen molar-refractivity contribution in [3.63, 3.8) is 0 Å². The Morgan fingerprint density at radius 2 is 2.09 bits per heavy atom. The number of ether oxygens (including phenoxy) is 4. The highest BCUT2D eigenvalue weighted by Crippen LogP contribution is 2.31. The van der Waals surface area contributed by atoms with Crippen molar-refractivity contribution in [2.24, 2.45) is 0 Å². The molecule has 2 aromatic heterocycles. The number of esters is 1. The molecule has 2 amide bonds. The lowest BCUT2D eigenvalue weighted by Crippen LogP contribution is -2.36. The molecule has 4 rings (SSSR count). The highest BCUT2D eigenvalue weighted by atomic mass is 16.7. The number of hydrogen-bond donors (Lipinski definition) is 1. The maximum atomic E-state index is 13.3. The number of rotatable bonds is 6. The number of anilines is 3. The van der Waals surface area contributed by atoms with Crippen molar-refractivity contribution in [3.8, 4) is 5.75 Å². The average molecular weight is 486 g/mol. The first-order chi connectivity index (χ1) is 16.8. The molecule has 0 radical (unpaired) electrons. The van der Waals surface area contributed by atoms with Crippen LogP contribution in [0.2, 0.25) is 0 Å². The van der Waals surface area contributed by atoms with Crippen molar-refractivity contribution in [1.29, 1.82) is 0 Å². The van der Waals surface area contributed by atoms with E-state index in [-0.39, 0.29) is 11.8 Å². The van der Waals surface area contributed by atoms with E-state index in [1.165, 1.54) is 12.0 Å². The summed E-state index contributed by atoms with van der Waals surface area (Å²) in [6.07, 6.45) is 2.12. The van der Waals surface area contributed by atoms with Gasteiger partial charge in [0.15, 0.2) is 17.3 Å². The number of carbonyl (C=O) groups excluding carboxylic acids is 2. The van der Waals surface area contributed by atoms with Crippen molar-refractivity contribution in [1.82, 2.24) is 9.97 Å². The maximum absolute atomic E-state index is 13.3. The van der Waals surface area contributed by atoms with Gasteiger partial charge in [-0.3, -0.25) is 10.2 Å². The van der Waals surface area contributed by atoms with Crippen LogP contribution < -0.4 is 19.9 Å². The number of aromatic nitrogens is 2. The number of nitrogens with one attached hydrogen (secondary N) is 1. The first kappa shape index (κ1) is 24.7. The van der Waals surface area contributed by atoms with Gasteiger partial charge >= 0.3 is 12.0 Å². The van der Waals surface area contributed by atoms with Crippen molar-refractivity contribution >= 4 is 29.3 Å². The molecule has 11 nitrogen and oxygen atoms in total. The van der Waals surface area contributed by atoms with Gasteiger partial charge in [-0.15, -0.1) is 0 Å². The van der Waals surface area contributed by atoms with Crippen LogP contribution >= 0.6 is 0 Å². The van der Waals surface area contributed by atoms with Crippen molar-refractivity contribution in [2.45, 2.75) is 39.1 Å². The van der Waals surface area contributed by atoms with Gasteiger partial charge in [0.1, 0.15) is 24.3 Å². The van der Waals surface area contributed by atoms with Crippen molar-refractivity contribution in [2.75, 3.05) is 55.1 Å². The highest BCUT2D eigenvalue weighted by Gasteiger charge is 2.33. The van der Waals surface area contributed by atoms with E-state index in [1.807, 2.05) is 20.8 Å². The zero-order valence-electron chi connectivity index (χ0n) is 20.4. The molecular formula is C24H31N5O6. The molecule has 2 aliphatic heterocycles. The van der Waals surface area contributed by atoms with Crippen molar-refractivity contribution in [3.05, 3.63) is 36.2 Å². The van der Waals surface area contributed by atoms with Gasteiger partial charge < -0.3 is 23.8 Å². The van der Waals surface area contributed by atoms with Gasteiger partial charge in [-0.1, -0.05) is 0 Å². The molecule has 2 aromatic rings. The second kappa shape index (κ2) is 10.4. The summed E-state index contributed by atoms with van der Waals surface area (Å²) in [7, 11) is 1.30. The molecule has 1 fully saturated rings.